The Hall–Kier alpha value is -2.33. The number of rotatable bonds is 7. The second kappa shape index (κ2) is 10.3. The summed E-state index contributed by atoms with van der Waals surface area (Å²) in [6, 6.07) is 4.24. The summed E-state index contributed by atoms with van der Waals surface area (Å²) in [6.07, 6.45) is 1.61. The Morgan fingerprint density at radius 3 is 2.87 bits per heavy atom. The molecule has 3 heterocycles. The summed E-state index contributed by atoms with van der Waals surface area (Å²) in [6.45, 7) is 4.75. The van der Waals surface area contributed by atoms with Crippen LogP contribution in [0.3, 0.4) is 0 Å². The van der Waals surface area contributed by atoms with Crippen molar-refractivity contribution in [3.63, 3.8) is 0 Å². The van der Waals surface area contributed by atoms with Crippen molar-refractivity contribution in [1.29, 1.82) is 0 Å². The number of aromatic amines is 1. The number of halogens is 2. The minimum absolute atomic E-state index is 0. The molecule has 2 aromatic heterocycles. The first-order valence-corrected chi connectivity index (χ1v) is 10.7. The summed E-state index contributed by atoms with van der Waals surface area (Å²) in [7, 11) is 0. The molecule has 7 nitrogen and oxygen atoms in total. The lowest BCUT2D eigenvalue weighted by Gasteiger charge is -2.26. The summed E-state index contributed by atoms with van der Waals surface area (Å²) in [4.78, 5) is 34.6. The number of nitrogens with one attached hydrogen (secondary N) is 1. The Morgan fingerprint density at radius 2 is 2.13 bits per heavy atom. The first-order valence-electron chi connectivity index (χ1n) is 9.81. The number of ether oxygens (including phenoxy) is 2. The molecule has 0 saturated carbocycles. The molecule has 166 valence electrons. The normalized spacial score (nSPS) is 15.4. The molecule has 31 heavy (non-hydrogen) atoms. The first kappa shape index (κ1) is 23.3. The van der Waals surface area contributed by atoms with Crippen molar-refractivity contribution >= 4 is 46.4 Å². The molecule has 0 amide bonds. The third-order valence-corrected chi connectivity index (χ3v) is 5.89. The zero-order chi connectivity index (χ0) is 21.1. The maximum Gasteiger partial charge on any atom is 0.320 e. The number of benzene rings is 1. The first-order chi connectivity index (χ1) is 14.5. The number of carbonyl (C=O) groups excluding carboxylic acids is 2. The SMILES string of the molecule is CCC(OC(=O)CN1CCOCC1)c1csc(C(=O)c2c[nH]c3cc(F)ccc23)n1.Cl. The van der Waals surface area contributed by atoms with E-state index in [9.17, 15) is 14.0 Å². The zero-order valence-electron chi connectivity index (χ0n) is 16.9. The third kappa shape index (κ3) is 5.30. The van der Waals surface area contributed by atoms with Crippen LogP contribution in [-0.2, 0) is 14.3 Å². The van der Waals surface area contributed by atoms with Crippen LogP contribution in [0.2, 0.25) is 0 Å². The molecular weight excluding hydrogens is 445 g/mol. The highest BCUT2D eigenvalue weighted by atomic mass is 35.5. The molecule has 0 bridgehead atoms. The molecule has 1 aliphatic rings. The molecule has 1 fully saturated rings. The standard InChI is InChI=1S/C21H22FN3O4S.ClH/c1-2-18(29-19(26)11-25-5-7-28-8-6-25)17-12-30-21(24-17)20(27)15-10-23-16-9-13(22)3-4-14(15)16;/h3-4,9-10,12,18,23H,2,5-8,11H2,1H3;1H. The Bertz CT molecular complexity index is 1060. The van der Waals surface area contributed by atoms with E-state index in [0.29, 0.717) is 59.9 Å². The largest absolute Gasteiger partial charge is 0.455 e. The van der Waals surface area contributed by atoms with Gasteiger partial charge in [-0.2, -0.15) is 0 Å². The van der Waals surface area contributed by atoms with Gasteiger partial charge in [-0.25, -0.2) is 9.37 Å². The van der Waals surface area contributed by atoms with Crippen LogP contribution in [0, 0.1) is 5.82 Å². The molecule has 1 saturated heterocycles. The van der Waals surface area contributed by atoms with E-state index in [2.05, 4.69) is 9.97 Å². The Labute approximate surface area is 189 Å². The monoisotopic (exact) mass is 467 g/mol. The predicted octanol–water partition coefficient (Wildman–Crippen LogP) is 3.74. The van der Waals surface area contributed by atoms with Crippen molar-refractivity contribution in [2.24, 2.45) is 0 Å². The average Bonchev–Trinajstić information content (AvgIpc) is 3.39. The highest BCUT2D eigenvalue weighted by molar-refractivity contribution is 7.12. The van der Waals surface area contributed by atoms with Gasteiger partial charge in [-0.05, 0) is 24.6 Å². The van der Waals surface area contributed by atoms with Crippen molar-refractivity contribution < 1.29 is 23.5 Å². The van der Waals surface area contributed by atoms with Crippen LogP contribution < -0.4 is 0 Å². The van der Waals surface area contributed by atoms with E-state index >= 15 is 0 Å². The molecule has 3 aromatic rings. The molecule has 1 atom stereocenters. The summed E-state index contributed by atoms with van der Waals surface area (Å²) in [5, 5.41) is 2.69. The number of aromatic nitrogens is 2. The van der Waals surface area contributed by atoms with Crippen molar-refractivity contribution in [2.75, 3.05) is 32.8 Å². The van der Waals surface area contributed by atoms with E-state index in [4.69, 9.17) is 9.47 Å². The van der Waals surface area contributed by atoms with Gasteiger partial charge in [-0.15, -0.1) is 23.7 Å². The van der Waals surface area contributed by atoms with Gasteiger partial charge in [0.05, 0.1) is 31.0 Å². The molecule has 1 aliphatic heterocycles. The molecule has 4 rings (SSSR count). The van der Waals surface area contributed by atoms with Crippen LogP contribution in [-0.4, -0.2) is 59.5 Å². The van der Waals surface area contributed by atoms with Gasteiger partial charge in [0, 0.05) is 35.6 Å². The van der Waals surface area contributed by atoms with Gasteiger partial charge in [0.25, 0.3) is 0 Å². The van der Waals surface area contributed by atoms with Crippen molar-refractivity contribution in [1.82, 2.24) is 14.9 Å². The van der Waals surface area contributed by atoms with Gasteiger partial charge in [0.2, 0.25) is 5.78 Å². The van der Waals surface area contributed by atoms with Crippen LogP contribution in [0.4, 0.5) is 4.39 Å². The second-order valence-electron chi connectivity index (χ2n) is 7.07. The maximum absolute atomic E-state index is 13.4. The minimum Gasteiger partial charge on any atom is -0.455 e. The van der Waals surface area contributed by atoms with Gasteiger partial charge in [-0.1, -0.05) is 6.92 Å². The molecule has 0 spiro atoms. The van der Waals surface area contributed by atoms with Crippen LogP contribution in [0.15, 0.2) is 29.8 Å². The number of ketones is 1. The number of H-pyrrole nitrogens is 1. The fourth-order valence-electron chi connectivity index (χ4n) is 3.43. The molecule has 0 radical (unpaired) electrons. The maximum atomic E-state index is 13.4. The number of carbonyl (C=O) groups is 2. The smallest absolute Gasteiger partial charge is 0.320 e. The van der Waals surface area contributed by atoms with Gasteiger partial charge < -0.3 is 14.5 Å². The third-order valence-electron chi connectivity index (χ3n) is 5.04. The molecule has 1 unspecified atom stereocenters. The average molecular weight is 468 g/mol. The van der Waals surface area contributed by atoms with Gasteiger partial charge in [0.1, 0.15) is 11.9 Å². The lowest BCUT2D eigenvalue weighted by molar-refractivity contribution is -0.152. The van der Waals surface area contributed by atoms with Gasteiger partial charge in [0.15, 0.2) is 5.01 Å². The van der Waals surface area contributed by atoms with E-state index in [1.165, 1.54) is 23.5 Å². The fourth-order valence-corrected chi connectivity index (χ4v) is 4.24. The number of hydrogen-bond acceptors (Lipinski definition) is 7. The lowest BCUT2D eigenvalue weighted by atomic mass is 10.1. The molecule has 0 aliphatic carbocycles. The summed E-state index contributed by atoms with van der Waals surface area (Å²) >= 11 is 1.21. The molecule has 1 aromatic carbocycles. The highest BCUT2D eigenvalue weighted by Gasteiger charge is 2.24. The van der Waals surface area contributed by atoms with Crippen molar-refractivity contribution in [3.05, 3.63) is 51.9 Å². The summed E-state index contributed by atoms with van der Waals surface area (Å²) < 4.78 is 24.3. The number of hydrogen-bond donors (Lipinski definition) is 1. The van der Waals surface area contributed by atoms with Gasteiger partial charge >= 0.3 is 5.97 Å². The fraction of sp³-hybridized carbons (Fsp3) is 0.381. The Balaban J connectivity index is 0.00000272. The number of esters is 1. The summed E-state index contributed by atoms with van der Waals surface area (Å²) in [5.74, 6) is -0.938. The van der Waals surface area contributed by atoms with Crippen molar-refractivity contribution in [2.45, 2.75) is 19.4 Å². The van der Waals surface area contributed by atoms with Crippen LogP contribution >= 0.6 is 23.7 Å². The van der Waals surface area contributed by atoms with E-state index in [1.54, 1.807) is 17.6 Å². The Kier molecular flexibility index (Phi) is 7.77. The molecule has 10 heteroatoms. The van der Waals surface area contributed by atoms with Crippen molar-refractivity contribution in [3.8, 4) is 0 Å². The van der Waals surface area contributed by atoms with Crippen LogP contribution in [0.1, 0.15) is 40.5 Å². The quantitative estimate of drug-likeness (QED) is 0.421. The van der Waals surface area contributed by atoms with E-state index in [1.807, 2.05) is 11.8 Å². The number of morpholine rings is 1. The number of fused-ring (bicyclic) bond motifs is 1. The molecular formula is C21H23ClFN3O4S. The minimum atomic E-state index is -0.506. The Morgan fingerprint density at radius 1 is 1.35 bits per heavy atom. The highest BCUT2D eigenvalue weighted by Crippen LogP contribution is 2.27. The summed E-state index contributed by atoms with van der Waals surface area (Å²) in [5.41, 5.74) is 1.55. The lowest BCUT2D eigenvalue weighted by Crippen LogP contribution is -2.40. The number of thiazole rings is 1. The van der Waals surface area contributed by atoms with E-state index < -0.39 is 6.10 Å². The van der Waals surface area contributed by atoms with Crippen LogP contribution in [0.5, 0.6) is 0 Å². The number of nitrogens with zero attached hydrogens (tertiary/aromatic N) is 2. The molecule has 1 N–H and O–H groups in total. The predicted molar refractivity (Wildman–Crippen MR) is 117 cm³/mol. The van der Waals surface area contributed by atoms with Crippen LogP contribution in [0.25, 0.3) is 10.9 Å². The van der Waals surface area contributed by atoms with E-state index in [-0.39, 0.29) is 36.5 Å². The zero-order valence-corrected chi connectivity index (χ0v) is 18.6. The topological polar surface area (TPSA) is 84.5 Å². The second-order valence-corrected chi connectivity index (χ2v) is 7.93. The van der Waals surface area contributed by atoms with Gasteiger partial charge in [-0.3, -0.25) is 14.5 Å². The van der Waals surface area contributed by atoms with E-state index in [0.717, 1.165) is 0 Å².